The summed E-state index contributed by atoms with van der Waals surface area (Å²) in [5, 5.41) is 7.81. The number of fused-ring (bicyclic) bond motifs is 8. The summed E-state index contributed by atoms with van der Waals surface area (Å²) >= 11 is 8.04. The van der Waals surface area contributed by atoms with Crippen molar-refractivity contribution in [3.8, 4) is 0 Å². The summed E-state index contributed by atoms with van der Waals surface area (Å²) < 4.78 is 7.12. The first-order valence-corrected chi connectivity index (χ1v) is 18.8. The van der Waals surface area contributed by atoms with Gasteiger partial charge in [0.1, 0.15) is 0 Å². The van der Waals surface area contributed by atoms with E-state index in [-0.39, 0.29) is 0 Å². The molecule has 2 aliphatic rings. The number of thiophene rings is 3. The van der Waals surface area contributed by atoms with Gasteiger partial charge in [0.05, 0.1) is 0 Å². The van der Waals surface area contributed by atoms with Gasteiger partial charge in [-0.3, -0.25) is 0 Å². The summed E-state index contributed by atoms with van der Waals surface area (Å²) in [6.07, 6.45) is 14.3. The molecule has 1 aliphatic carbocycles. The van der Waals surface area contributed by atoms with Crippen LogP contribution in [-0.2, 0) is 19.3 Å². The molecule has 0 saturated carbocycles. The Morgan fingerprint density at radius 1 is 0.698 bits per heavy atom. The minimum absolute atomic E-state index is 0.700. The van der Waals surface area contributed by atoms with E-state index in [1.165, 1.54) is 97.0 Å². The van der Waals surface area contributed by atoms with Gasteiger partial charge < -0.3 is 0 Å². The molecule has 1 aliphatic heterocycles. The van der Waals surface area contributed by atoms with Crippen molar-refractivity contribution in [1.82, 2.24) is 0 Å². The zero-order chi connectivity index (χ0) is 28.5. The highest BCUT2D eigenvalue weighted by Crippen LogP contribution is 2.47. The van der Waals surface area contributed by atoms with Crippen molar-refractivity contribution in [2.24, 2.45) is 5.92 Å². The van der Waals surface area contributed by atoms with Gasteiger partial charge in [0.15, 0.2) is 0 Å². The standard InChI is InChI=1S/C39H32S4/c1-23-7-9-25(10-8-23)12-14-29-16-27-18-37-31(20-35(27)41-29)33-22-38-32(21-39(33)43-37)30-19-34-26(17-36(30)42-38)15-28(40-34)13-11-24-5-3-2-4-6-24/h2-7,9-10,15,17-23,29H,8,11-14,16H2,1H3. The summed E-state index contributed by atoms with van der Waals surface area (Å²) in [5.41, 5.74) is 4.52. The second-order valence-corrected chi connectivity index (χ2v) is 17.1. The molecule has 4 heterocycles. The molecule has 7 aromatic rings. The van der Waals surface area contributed by atoms with Crippen LogP contribution >= 0.6 is 45.8 Å². The SMILES string of the molecule is CC1C=CC(CCC2Cc3cc4sc5cc6c(cc5c4cc3S2)sc2cc3cc(CCc4ccccc4)sc3cc26)=CC1. The van der Waals surface area contributed by atoms with E-state index < -0.39 is 0 Å². The summed E-state index contributed by atoms with van der Waals surface area (Å²) in [6, 6.07) is 28.2. The molecular formula is C39H32S4. The molecule has 0 nitrogen and oxygen atoms in total. The Labute approximate surface area is 268 Å². The first-order chi connectivity index (χ1) is 21.1. The molecule has 3 aromatic heterocycles. The van der Waals surface area contributed by atoms with E-state index in [2.05, 4.69) is 110 Å². The van der Waals surface area contributed by atoms with Crippen LogP contribution in [0.3, 0.4) is 0 Å². The van der Waals surface area contributed by atoms with Crippen LogP contribution < -0.4 is 0 Å². The monoisotopic (exact) mass is 628 g/mol. The maximum absolute atomic E-state index is 2.52. The minimum atomic E-state index is 0.700. The topological polar surface area (TPSA) is 0 Å². The number of hydrogen-bond donors (Lipinski definition) is 0. The Morgan fingerprint density at radius 2 is 1.42 bits per heavy atom. The number of allylic oxidation sites excluding steroid dienone is 4. The second-order valence-electron chi connectivity index (χ2n) is 12.4. The van der Waals surface area contributed by atoms with Gasteiger partial charge in [0.25, 0.3) is 0 Å². The lowest BCUT2D eigenvalue weighted by Crippen LogP contribution is -2.02. The van der Waals surface area contributed by atoms with Crippen molar-refractivity contribution in [2.45, 2.75) is 55.6 Å². The second kappa shape index (κ2) is 10.6. The van der Waals surface area contributed by atoms with Gasteiger partial charge in [0.2, 0.25) is 0 Å². The van der Waals surface area contributed by atoms with Gasteiger partial charge >= 0.3 is 0 Å². The Morgan fingerprint density at radius 3 is 2.19 bits per heavy atom. The van der Waals surface area contributed by atoms with Gasteiger partial charge in [0, 0.05) is 60.1 Å². The molecule has 2 unspecified atom stereocenters. The van der Waals surface area contributed by atoms with Gasteiger partial charge in [-0.25, -0.2) is 0 Å². The predicted octanol–water partition coefficient (Wildman–Crippen LogP) is 12.7. The fourth-order valence-corrected chi connectivity index (χ4v) is 11.7. The maximum atomic E-state index is 2.52. The van der Waals surface area contributed by atoms with Crippen LogP contribution in [0.25, 0.3) is 50.4 Å². The molecule has 0 bridgehead atoms. The highest BCUT2D eigenvalue weighted by molar-refractivity contribution is 8.00. The Bertz CT molecular complexity index is 2240. The van der Waals surface area contributed by atoms with Crippen molar-refractivity contribution in [3.63, 3.8) is 0 Å². The van der Waals surface area contributed by atoms with E-state index in [1.54, 1.807) is 5.56 Å². The minimum Gasteiger partial charge on any atom is -0.140 e. The number of aryl methyl sites for hydroxylation is 2. The van der Waals surface area contributed by atoms with Gasteiger partial charge in [-0.1, -0.05) is 61.1 Å². The van der Waals surface area contributed by atoms with Crippen LogP contribution in [0.4, 0.5) is 0 Å². The van der Waals surface area contributed by atoms with Crippen LogP contribution in [-0.4, -0.2) is 5.25 Å². The molecule has 0 N–H and O–H groups in total. The highest BCUT2D eigenvalue weighted by Gasteiger charge is 2.24. The predicted molar refractivity (Wildman–Crippen MR) is 195 cm³/mol. The van der Waals surface area contributed by atoms with E-state index in [9.17, 15) is 0 Å². The van der Waals surface area contributed by atoms with Crippen molar-refractivity contribution < 1.29 is 0 Å². The van der Waals surface area contributed by atoms with Crippen molar-refractivity contribution >= 4 is 96.2 Å². The number of benzene rings is 4. The zero-order valence-corrected chi connectivity index (χ0v) is 27.5. The normalized spacial score (nSPS) is 18.5. The Kier molecular flexibility index (Phi) is 6.55. The lowest BCUT2D eigenvalue weighted by molar-refractivity contribution is 0.709. The number of rotatable bonds is 6. The lowest BCUT2D eigenvalue weighted by Gasteiger charge is -2.13. The molecule has 212 valence electrons. The molecule has 0 amide bonds. The van der Waals surface area contributed by atoms with E-state index in [4.69, 9.17) is 0 Å². The Balaban J connectivity index is 1.01. The van der Waals surface area contributed by atoms with E-state index in [1.807, 2.05) is 34.0 Å². The van der Waals surface area contributed by atoms with Crippen LogP contribution in [0.2, 0.25) is 0 Å². The average molecular weight is 629 g/mol. The summed E-state index contributed by atoms with van der Waals surface area (Å²) in [5.74, 6) is 0.700. The van der Waals surface area contributed by atoms with Gasteiger partial charge in [-0.05, 0) is 103 Å². The molecule has 4 heteroatoms. The highest BCUT2D eigenvalue weighted by atomic mass is 32.2. The van der Waals surface area contributed by atoms with E-state index >= 15 is 0 Å². The van der Waals surface area contributed by atoms with E-state index in [0.717, 1.165) is 12.8 Å². The molecule has 2 atom stereocenters. The fraction of sp³-hybridized carbons (Fsp3) is 0.231. The summed E-state index contributed by atoms with van der Waals surface area (Å²) in [4.78, 5) is 3.00. The Hall–Kier alpha value is -2.89. The smallest absolute Gasteiger partial charge is 0.0362 e. The maximum Gasteiger partial charge on any atom is 0.0362 e. The van der Waals surface area contributed by atoms with Crippen molar-refractivity contribution in [3.05, 3.63) is 113 Å². The molecule has 43 heavy (non-hydrogen) atoms. The lowest BCUT2D eigenvalue weighted by atomic mass is 9.95. The molecule has 0 saturated heterocycles. The largest absolute Gasteiger partial charge is 0.140 e. The number of thioether (sulfide) groups is 1. The van der Waals surface area contributed by atoms with Crippen LogP contribution in [0, 0.1) is 5.92 Å². The molecule has 0 radical (unpaired) electrons. The first kappa shape index (κ1) is 26.5. The fourth-order valence-electron chi connectivity index (χ4n) is 6.92. The molecule has 0 spiro atoms. The molecule has 4 aromatic carbocycles. The van der Waals surface area contributed by atoms with Crippen LogP contribution in [0.15, 0.2) is 101 Å². The third-order valence-corrected chi connectivity index (χ3v) is 14.1. The third kappa shape index (κ3) is 4.88. The quantitative estimate of drug-likeness (QED) is 0.177. The number of hydrogen-bond acceptors (Lipinski definition) is 4. The van der Waals surface area contributed by atoms with Crippen molar-refractivity contribution in [1.29, 1.82) is 0 Å². The summed E-state index contributed by atoms with van der Waals surface area (Å²) in [6.45, 7) is 2.31. The van der Waals surface area contributed by atoms with E-state index in [0.29, 0.717) is 11.2 Å². The molecule has 0 fully saturated rings. The third-order valence-electron chi connectivity index (χ3n) is 9.32. The molecular weight excluding hydrogens is 597 g/mol. The van der Waals surface area contributed by atoms with Crippen molar-refractivity contribution in [2.75, 3.05) is 0 Å². The summed E-state index contributed by atoms with van der Waals surface area (Å²) in [7, 11) is 0. The van der Waals surface area contributed by atoms with Crippen LogP contribution in [0.1, 0.15) is 42.2 Å². The average Bonchev–Trinajstić information content (AvgIpc) is 3.78. The molecule has 9 rings (SSSR count). The van der Waals surface area contributed by atoms with Gasteiger partial charge in [-0.2, -0.15) is 0 Å². The zero-order valence-electron chi connectivity index (χ0n) is 24.2. The van der Waals surface area contributed by atoms with Gasteiger partial charge in [-0.15, -0.1) is 45.8 Å². The van der Waals surface area contributed by atoms with Crippen LogP contribution in [0.5, 0.6) is 0 Å². The first-order valence-electron chi connectivity index (χ1n) is 15.5.